The summed E-state index contributed by atoms with van der Waals surface area (Å²) in [5.41, 5.74) is 1.92. The molecular formula is C23H28N6O2. The van der Waals surface area contributed by atoms with Gasteiger partial charge in [0.05, 0.1) is 18.6 Å². The summed E-state index contributed by atoms with van der Waals surface area (Å²) >= 11 is 0. The monoisotopic (exact) mass is 420 g/mol. The molecule has 0 saturated carbocycles. The molecule has 2 fully saturated rings. The molecular weight excluding hydrogens is 392 g/mol. The van der Waals surface area contributed by atoms with Gasteiger partial charge in [-0.2, -0.15) is 0 Å². The highest BCUT2D eigenvalue weighted by atomic mass is 16.5. The van der Waals surface area contributed by atoms with Gasteiger partial charge in [0.2, 0.25) is 0 Å². The molecule has 4 heterocycles. The molecule has 8 nitrogen and oxygen atoms in total. The van der Waals surface area contributed by atoms with Crippen LogP contribution in [0.5, 0.6) is 0 Å². The van der Waals surface area contributed by atoms with Gasteiger partial charge in [0.15, 0.2) is 0 Å². The molecule has 0 amide bonds. The van der Waals surface area contributed by atoms with Crippen molar-refractivity contribution in [2.45, 2.75) is 18.9 Å². The lowest BCUT2D eigenvalue weighted by molar-refractivity contribution is 0.122. The van der Waals surface area contributed by atoms with Gasteiger partial charge in [0.1, 0.15) is 11.6 Å². The third-order valence-corrected chi connectivity index (χ3v) is 5.91. The van der Waals surface area contributed by atoms with E-state index in [1.165, 1.54) is 5.69 Å². The van der Waals surface area contributed by atoms with Crippen molar-refractivity contribution >= 4 is 33.8 Å². The fraction of sp³-hybridized carbons (Fsp3) is 0.391. The van der Waals surface area contributed by atoms with Gasteiger partial charge in [-0.1, -0.05) is 0 Å². The molecule has 5 rings (SSSR count). The smallest absolute Gasteiger partial charge is 0.259 e. The zero-order chi connectivity index (χ0) is 21.0. The fourth-order valence-electron chi connectivity index (χ4n) is 4.28. The highest BCUT2D eigenvalue weighted by Gasteiger charge is 2.16. The molecule has 1 unspecified atom stereocenters. The van der Waals surface area contributed by atoms with E-state index in [1.807, 2.05) is 24.3 Å². The zero-order valence-corrected chi connectivity index (χ0v) is 17.5. The number of rotatable bonds is 5. The number of hydrogen-bond acceptors (Lipinski definition) is 7. The number of benzene rings is 1. The van der Waals surface area contributed by atoms with Crippen LogP contribution >= 0.6 is 0 Å². The number of aromatic nitrogens is 2. The second-order valence-electron chi connectivity index (χ2n) is 8.09. The van der Waals surface area contributed by atoms with Gasteiger partial charge in [-0.15, -0.1) is 0 Å². The molecule has 2 aromatic heterocycles. The Bertz CT molecular complexity index is 1090. The van der Waals surface area contributed by atoms with Crippen molar-refractivity contribution < 1.29 is 4.74 Å². The van der Waals surface area contributed by atoms with Crippen LogP contribution in [0.4, 0.5) is 23.0 Å². The number of nitrogens with one attached hydrogen (secondary N) is 4. The summed E-state index contributed by atoms with van der Waals surface area (Å²) in [5, 5.41) is 11.7. The summed E-state index contributed by atoms with van der Waals surface area (Å²) in [5.74, 6) is 1.34. The number of aromatic amines is 1. The fourth-order valence-corrected chi connectivity index (χ4v) is 4.28. The number of pyridine rings is 2. The van der Waals surface area contributed by atoms with Crippen LogP contribution < -0.4 is 26.4 Å². The van der Waals surface area contributed by atoms with E-state index in [0.29, 0.717) is 17.2 Å². The Morgan fingerprint density at radius 1 is 1.13 bits per heavy atom. The Morgan fingerprint density at radius 2 is 1.97 bits per heavy atom. The van der Waals surface area contributed by atoms with Gasteiger partial charge in [0, 0.05) is 43.2 Å². The van der Waals surface area contributed by atoms with Crippen LogP contribution in [0.25, 0.3) is 10.8 Å². The first-order chi connectivity index (χ1) is 15.3. The molecule has 0 radical (unpaired) electrons. The average molecular weight is 421 g/mol. The third-order valence-electron chi connectivity index (χ3n) is 5.91. The van der Waals surface area contributed by atoms with Crippen molar-refractivity contribution in [2.24, 2.45) is 0 Å². The first-order valence-electron chi connectivity index (χ1n) is 11.0. The number of fused-ring (bicyclic) bond motifs is 1. The Hall–Kier alpha value is -3.10. The number of H-pyrrole nitrogens is 1. The van der Waals surface area contributed by atoms with Crippen molar-refractivity contribution in [2.75, 3.05) is 54.9 Å². The van der Waals surface area contributed by atoms with Crippen molar-refractivity contribution in [1.29, 1.82) is 0 Å². The maximum atomic E-state index is 12.6. The quantitative estimate of drug-likeness (QED) is 0.504. The molecule has 3 aromatic rings. The van der Waals surface area contributed by atoms with Gasteiger partial charge >= 0.3 is 0 Å². The van der Waals surface area contributed by atoms with Crippen molar-refractivity contribution in [1.82, 2.24) is 15.3 Å². The largest absolute Gasteiger partial charge is 0.378 e. The minimum absolute atomic E-state index is 0.150. The van der Waals surface area contributed by atoms with E-state index in [4.69, 9.17) is 9.72 Å². The Kier molecular flexibility index (Phi) is 5.73. The summed E-state index contributed by atoms with van der Waals surface area (Å²) in [4.78, 5) is 22.4. The summed E-state index contributed by atoms with van der Waals surface area (Å²) < 4.78 is 5.44. The molecule has 0 spiro atoms. The highest BCUT2D eigenvalue weighted by Crippen LogP contribution is 2.27. The van der Waals surface area contributed by atoms with E-state index in [2.05, 4.69) is 38.0 Å². The van der Waals surface area contributed by atoms with Crippen LogP contribution in [-0.2, 0) is 4.74 Å². The maximum Gasteiger partial charge on any atom is 0.259 e. The first-order valence-corrected chi connectivity index (χ1v) is 11.0. The normalized spacial score (nSPS) is 19.4. The predicted octanol–water partition coefficient (Wildman–Crippen LogP) is 2.67. The number of piperidine rings is 1. The van der Waals surface area contributed by atoms with Crippen LogP contribution in [0, 0.1) is 0 Å². The number of hydrogen-bond donors (Lipinski definition) is 4. The summed E-state index contributed by atoms with van der Waals surface area (Å²) in [6, 6.07) is 12.4. The van der Waals surface area contributed by atoms with E-state index >= 15 is 0 Å². The van der Waals surface area contributed by atoms with E-state index in [0.717, 1.165) is 69.1 Å². The zero-order valence-electron chi connectivity index (χ0n) is 17.5. The second kappa shape index (κ2) is 8.95. The Morgan fingerprint density at radius 3 is 2.74 bits per heavy atom. The SMILES string of the molecule is O=c1[nH]ccc2cc(NC3CCCNC3)nc(Nc3ccc(N4CCOCC4)cc3)c12. The molecule has 2 saturated heterocycles. The molecule has 162 valence electrons. The van der Waals surface area contributed by atoms with Crippen molar-refractivity contribution in [3.8, 4) is 0 Å². The minimum Gasteiger partial charge on any atom is -0.378 e. The van der Waals surface area contributed by atoms with Crippen LogP contribution in [0.15, 0.2) is 47.4 Å². The summed E-state index contributed by atoms with van der Waals surface area (Å²) in [6.07, 6.45) is 3.93. The minimum atomic E-state index is -0.150. The second-order valence-corrected chi connectivity index (χ2v) is 8.09. The number of anilines is 4. The molecule has 31 heavy (non-hydrogen) atoms. The molecule has 2 aliphatic rings. The average Bonchev–Trinajstić information content (AvgIpc) is 2.81. The summed E-state index contributed by atoms with van der Waals surface area (Å²) in [6.45, 7) is 5.30. The van der Waals surface area contributed by atoms with E-state index in [9.17, 15) is 4.79 Å². The van der Waals surface area contributed by atoms with Crippen LogP contribution in [0.2, 0.25) is 0 Å². The molecule has 1 atom stereocenters. The molecule has 4 N–H and O–H groups in total. The van der Waals surface area contributed by atoms with Gasteiger partial charge < -0.3 is 30.6 Å². The molecule has 1 aromatic carbocycles. The molecule has 0 bridgehead atoms. The third kappa shape index (κ3) is 4.50. The summed E-state index contributed by atoms with van der Waals surface area (Å²) in [7, 11) is 0. The van der Waals surface area contributed by atoms with Gasteiger partial charge in [-0.25, -0.2) is 4.98 Å². The van der Waals surface area contributed by atoms with Gasteiger partial charge in [-0.05, 0) is 61.2 Å². The Balaban J connectivity index is 1.42. The lowest BCUT2D eigenvalue weighted by atomic mass is 10.1. The lowest BCUT2D eigenvalue weighted by Gasteiger charge is -2.29. The molecule has 2 aliphatic heterocycles. The van der Waals surface area contributed by atoms with Crippen molar-refractivity contribution in [3.63, 3.8) is 0 Å². The van der Waals surface area contributed by atoms with E-state index in [-0.39, 0.29) is 5.56 Å². The molecule has 8 heteroatoms. The highest BCUT2D eigenvalue weighted by molar-refractivity contribution is 5.94. The van der Waals surface area contributed by atoms with E-state index in [1.54, 1.807) is 6.20 Å². The topological polar surface area (TPSA) is 94.3 Å². The van der Waals surface area contributed by atoms with Crippen LogP contribution in [0.1, 0.15) is 12.8 Å². The standard InChI is InChI=1S/C23H28N6O2/c30-23-21-16(7-9-25-23)14-20(26-18-2-1-8-24-15-18)28-22(21)27-17-3-5-19(6-4-17)29-10-12-31-13-11-29/h3-7,9,14,18,24H,1-2,8,10-13,15H2,(H,25,30)(H2,26,27,28). The first kappa shape index (κ1) is 19.8. The predicted molar refractivity (Wildman–Crippen MR) is 125 cm³/mol. The Labute approximate surface area is 181 Å². The number of ether oxygens (including phenoxy) is 1. The van der Waals surface area contributed by atoms with Crippen LogP contribution in [-0.4, -0.2) is 55.4 Å². The molecule has 0 aliphatic carbocycles. The van der Waals surface area contributed by atoms with E-state index < -0.39 is 0 Å². The van der Waals surface area contributed by atoms with Crippen molar-refractivity contribution in [3.05, 3.63) is 52.9 Å². The van der Waals surface area contributed by atoms with Gasteiger partial charge in [-0.3, -0.25) is 4.79 Å². The lowest BCUT2D eigenvalue weighted by Crippen LogP contribution is -2.38. The van der Waals surface area contributed by atoms with Crippen LogP contribution in [0.3, 0.4) is 0 Å². The number of nitrogens with zero attached hydrogens (tertiary/aromatic N) is 2. The number of morpholine rings is 1. The van der Waals surface area contributed by atoms with Gasteiger partial charge in [0.25, 0.3) is 5.56 Å². The maximum absolute atomic E-state index is 12.6.